The molecule has 1 unspecified atom stereocenters. The Morgan fingerprint density at radius 2 is 1.62 bits per heavy atom. The predicted octanol–water partition coefficient (Wildman–Crippen LogP) is -0.467. The Morgan fingerprint density at radius 1 is 1.19 bits per heavy atom. The van der Waals surface area contributed by atoms with E-state index in [9.17, 15) is 9.00 Å². The van der Waals surface area contributed by atoms with Crippen molar-refractivity contribution in [3.63, 3.8) is 0 Å². The second-order valence-corrected chi connectivity index (χ2v) is 5.46. The highest BCUT2D eigenvalue weighted by atomic mass is 32.2. The molecule has 0 aromatic carbocycles. The smallest absolute Gasteiger partial charge is 0.241 e. The van der Waals surface area contributed by atoms with Crippen molar-refractivity contribution >= 4 is 46.2 Å². The first-order chi connectivity index (χ1) is 7.45. The van der Waals surface area contributed by atoms with Gasteiger partial charge in [0.2, 0.25) is 5.12 Å². The molecule has 3 atom stereocenters. The van der Waals surface area contributed by atoms with Crippen LogP contribution < -0.4 is 11.5 Å². The van der Waals surface area contributed by atoms with E-state index in [0.29, 0.717) is 24.3 Å². The van der Waals surface area contributed by atoms with Crippen LogP contribution in [-0.4, -0.2) is 38.0 Å². The highest BCUT2D eigenvalue weighted by molar-refractivity contribution is 8.13. The maximum atomic E-state index is 11.6. The zero-order chi connectivity index (χ0) is 12.7. The minimum atomic E-state index is -2.05. The average Bonchev–Trinajstić information content (AvgIpc) is 2.26. The summed E-state index contributed by atoms with van der Waals surface area (Å²) >= 11 is 7.88. The maximum Gasteiger partial charge on any atom is 0.241 e. The van der Waals surface area contributed by atoms with Gasteiger partial charge in [-0.3, -0.25) is 10.2 Å². The molecule has 0 saturated heterocycles. The predicted molar refractivity (Wildman–Crippen MR) is 73.8 cm³/mol. The van der Waals surface area contributed by atoms with Crippen molar-refractivity contribution in [2.75, 3.05) is 11.5 Å². The van der Waals surface area contributed by atoms with Gasteiger partial charge >= 0.3 is 0 Å². The Bertz CT molecular complexity index is 260. The van der Waals surface area contributed by atoms with Crippen LogP contribution in [0.5, 0.6) is 0 Å². The van der Waals surface area contributed by atoms with Crippen molar-refractivity contribution in [1.82, 2.24) is 0 Å². The standard InChI is InChI=1S/C8H17N3O2S3/c9-5(1-3-14)7(11)16(13)8(12)6(10)2-4-15/h5-6,11,14-15H,1-4,9-10H2/t5-,6-,16?/m0/s1. The van der Waals surface area contributed by atoms with Crippen LogP contribution in [0.4, 0.5) is 0 Å². The van der Waals surface area contributed by atoms with E-state index in [2.05, 4.69) is 25.3 Å². The Hall–Kier alpha value is 0.110. The van der Waals surface area contributed by atoms with Gasteiger partial charge < -0.3 is 11.5 Å². The molecule has 16 heavy (non-hydrogen) atoms. The summed E-state index contributed by atoms with van der Waals surface area (Å²) in [5.41, 5.74) is 11.1. The summed E-state index contributed by atoms with van der Waals surface area (Å²) in [7, 11) is -2.05. The molecule has 5 nitrogen and oxygen atoms in total. The molecule has 0 aromatic rings. The molecule has 0 radical (unpaired) electrons. The van der Waals surface area contributed by atoms with Gasteiger partial charge in [0.25, 0.3) is 0 Å². The van der Waals surface area contributed by atoms with Gasteiger partial charge in [-0.05, 0) is 24.3 Å². The van der Waals surface area contributed by atoms with Gasteiger partial charge in [-0.1, -0.05) is 0 Å². The quantitative estimate of drug-likeness (QED) is 0.258. The van der Waals surface area contributed by atoms with E-state index in [1.54, 1.807) is 0 Å². The highest BCUT2D eigenvalue weighted by Crippen LogP contribution is 2.03. The summed E-state index contributed by atoms with van der Waals surface area (Å²) in [6.07, 6.45) is 0.742. The third kappa shape index (κ3) is 4.96. The molecule has 0 aliphatic rings. The number of hydrogen-bond acceptors (Lipinski definition) is 7. The second kappa shape index (κ2) is 8.24. The Balaban J connectivity index is 4.43. The van der Waals surface area contributed by atoms with Gasteiger partial charge in [-0.25, -0.2) is 4.21 Å². The first-order valence-corrected chi connectivity index (χ1v) is 7.14. The molecule has 0 saturated carbocycles. The fraction of sp³-hybridized carbons (Fsp3) is 0.750. The molecular weight excluding hydrogens is 266 g/mol. The number of hydrogen-bond donors (Lipinski definition) is 5. The van der Waals surface area contributed by atoms with Crippen LogP contribution in [0, 0.1) is 5.41 Å². The van der Waals surface area contributed by atoms with Gasteiger partial charge in [0.05, 0.1) is 12.1 Å². The minimum absolute atomic E-state index is 0.284. The van der Waals surface area contributed by atoms with Crippen LogP contribution in [-0.2, 0) is 15.6 Å². The van der Waals surface area contributed by atoms with Gasteiger partial charge in [-0.15, -0.1) is 0 Å². The third-order valence-corrected chi connectivity index (χ3v) is 3.79. The average molecular weight is 283 g/mol. The van der Waals surface area contributed by atoms with Gasteiger partial charge in [0, 0.05) is 0 Å². The summed E-state index contributed by atoms with van der Waals surface area (Å²) in [4.78, 5) is 11.5. The lowest BCUT2D eigenvalue weighted by Crippen LogP contribution is -2.41. The molecule has 0 aliphatic heterocycles. The van der Waals surface area contributed by atoms with E-state index in [1.165, 1.54) is 0 Å². The first-order valence-electron chi connectivity index (χ1n) is 4.72. The van der Waals surface area contributed by atoms with E-state index in [4.69, 9.17) is 16.9 Å². The zero-order valence-corrected chi connectivity index (χ0v) is 11.4. The van der Waals surface area contributed by atoms with Crippen LogP contribution >= 0.6 is 25.3 Å². The first kappa shape index (κ1) is 16.1. The molecule has 0 fully saturated rings. The van der Waals surface area contributed by atoms with Crippen molar-refractivity contribution in [3.05, 3.63) is 0 Å². The molecule has 94 valence electrons. The molecule has 0 spiro atoms. The summed E-state index contributed by atoms with van der Waals surface area (Å²) in [5.74, 6) is 0.901. The number of carbonyl (C=O) groups is 1. The van der Waals surface area contributed by atoms with Crippen LogP contribution in [0.25, 0.3) is 0 Å². The molecule has 0 rings (SSSR count). The van der Waals surface area contributed by atoms with Crippen molar-refractivity contribution in [2.45, 2.75) is 24.9 Å². The number of carbonyl (C=O) groups excluding carboxylic acids is 1. The van der Waals surface area contributed by atoms with Crippen LogP contribution in [0.2, 0.25) is 0 Å². The lowest BCUT2D eigenvalue weighted by molar-refractivity contribution is -0.112. The Morgan fingerprint density at radius 3 is 2.06 bits per heavy atom. The Kier molecular flexibility index (Phi) is 8.29. The van der Waals surface area contributed by atoms with E-state index >= 15 is 0 Å². The van der Waals surface area contributed by atoms with E-state index < -0.39 is 28.0 Å². The minimum Gasteiger partial charge on any atom is -0.322 e. The van der Waals surface area contributed by atoms with Gasteiger partial charge in [-0.2, -0.15) is 25.3 Å². The summed E-state index contributed by atoms with van der Waals surface area (Å²) in [6, 6.07) is -1.55. The summed E-state index contributed by atoms with van der Waals surface area (Å²) in [6.45, 7) is 0. The lowest BCUT2D eigenvalue weighted by Gasteiger charge is -2.13. The molecule has 5 N–H and O–H groups in total. The fourth-order valence-corrected chi connectivity index (χ4v) is 2.47. The number of nitrogens with two attached hydrogens (primary N) is 2. The van der Waals surface area contributed by atoms with E-state index in [-0.39, 0.29) is 5.04 Å². The second-order valence-electron chi connectivity index (χ2n) is 3.19. The van der Waals surface area contributed by atoms with Gasteiger partial charge in [0.1, 0.15) is 15.8 Å². The van der Waals surface area contributed by atoms with Crippen molar-refractivity contribution in [2.24, 2.45) is 11.5 Å². The monoisotopic (exact) mass is 283 g/mol. The summed E-state index contributed by atoms with van der Waals surface area (Å²) in [5, 5.41) is 6.56. The van der Waals surface area contributed by atoms with Crippen LogP contribution in [0.1, 0.15) is 12.8 Å². The zero-order valence-electron chi connectivity index (χ0n) is 8.76. The van der Waals surface area contributed by atoms with Crippen molar-refractivity contribution in [3.8, 4) is 0 Å². The van der Waals surface area contributed by atoms with E-state index in [1.807, 2.05) is 0 Å². The molecule has 0 heterocycles. The molecular formula is C8H17N3O2S3. The topological polar surface area (TPSA) is 110 Å². The summed E-state index contributed by atoms with van der Waals surface area (Å²) < 4.78 is 11.6. The Labute approximate surface area is 109 Å². The number of nitrogens with one attached hydrogen (secondary N) is 1. The third-order valence-electron chi connectivity index (χ3n) is 1.90. The molecule has 8 heteroatoms. The van der Waals surface area contributed by atoms with Crippen LogP contribution in [0.15, 0.2) is 0 Å². The molecule has 0 aliphatic carbocycles. The maximum absolute atomic E-state index is 11.6. The largest absolute Gasteiger partial charge is 0.322 e. The highest BCUT2D eigenvalue weighted by Gasteiger charge is 2.26. The lowest BCUT2D eigenvalue weighted by atomic mass is 10.3. The fourth-order valence-electron chi connectivity index (χ4n) is 0.910. The van der Waals surface area contributed by atoms with Crippen molar-refractivity contribution < 1.29 is 9.00 Å². The van der Waals surface area contributed by atoms with Crippen LogP contribution in [0.3, 0.4) is 0 Å². The van der Waals surface area contributed by atoms with Gasteiger partial charge in [0.15, 0.2) is 0 Å². The number of rotatable bonds is 6. The molecule has 0 amide bonds. The SMILES string of the molecule is N=C([C@@H](N)CCS)S(=O)C(=O)[C@@H](N)CCS. The van der Waals surface area contributed by atoms with E-state index in [0.717, 1.165) is 0 Å². The van der Waals surface area contributed by atoms with Crippen molar-refractivity contribution in [1.29, 1.82) is 5.41 Å². The molecule has 0 bridgehead atoms. The number of thiol groups is 2. The normalized spacial score (nSPS) is 16.5. The molecule has 0 aromatic heterocycles.